The van der Waals surface area contributed by atoms with E-state index in [1.807, 2.05) is 72.5 Å². The number of carbonyl (C=O) groups is 2. The average Bonchev–Trinajstić information content (AvgIpc) is 3.03. The number of nitrogens with zero attached hydrogens (tertiary/aromatic N) is 3. The molecule has 1 saturated heterocycles. The first-order chi connectivity index (χ1) is 20.4. The molecule has 9 heteroatoms. The van der Waals surface area contributed by atoms with Crippen molar-refractivity contribution in [1.82, 2.24) is 14.7 Å². The Morgan fingerprint density at radius 3 is 2.29 bits per heavy atom. The third-order valence-corrected chi connectivity index (χ3v) is 7.34. The van der Waals surface area contributed by atoms with Gasteiger partial charge in [-0.15, -0.1) is 0 Å². The Hall–Kier alpha value is -4.50. The lowest BCUT2D eigenvalue weighted by molar-refractivity contribution is 0.0739. The summed E-state index contributed by atoms with van der Waals surface area (Å²) in [6.07, 6.45) is 3.99. The molecule has 1 aliphatic rings. The van der Waals surface area contributed by atoms with Crippen LogP contribution in [-0.4, -0.2) is 93.8 Å². The third kappa shape index (κ3) is 8.04. The van der Waals surface area contributed by atoms with Crippen LogP contribution in [0.2, 0.25) is 0 Å². The maximum Gasteiger partial charge on any atom is 0.322 e. The summed E-state index contributed by atoms with van der Waals surface area (Å²) < 4.78 is 16.1. The normalized spacial score (nSPS) is 13.6. The Kier molecular flexibility index (Phi) is 10.8. The van der Waals surface area contributed by atoms with Crippen LogP contribution < -0.4 is 19.5 Å². The van der Waals surface area contributed by atoms with E-state index in [0.29, 0.717) is 55.5 Å². The molecule has 4 rings (SSSR count). The van der Waals surface area contributed by atoms with Crippen LogP contribution >= 0.6 is 0 Å². The summed E-state index contributed by atoms with van der Waals surface area (Å²) in [6.45, 7) is 6.37. The van der Waals surface area contributed by atoms with Crippen molar-refractivity contribution in [3.8, 4) is 17.2 Å². The number of ether oxygens (including phenoxy) is 3. The van der Waals surface area contributed by atoms with Gasteiger partial charge in [0, 0.05) is 63.0 Å². The molecular formula is C33H40N4O5. The number of aryl methyl sites for hydroxylation is 1. The van der Waals surface area contributed by atoms with Gasteiger partial charge in [0.05, 0.1) is 27.0 Å². The number of urea groups is 1. The first-order valence-corrected chi connectivity index (χ1v) is 14.1. The minimum atomic E-state index is -0.171. The quantitative estimate of drug-likeness (QED) is 0.347. The number of anilines is 1. The topological polar surface area (TPSA) is 83.6 Å². The lowest BCUT2D eigenvalue weighted by Gasteiger charge is -2.35. The van der Waals surface area contributed by atoms with Crippen molar-refractivity contribution in [2.45, 2.75) is 6.92 Å². The predicted octanol–water partition coefficient (Wildman–Crippen LogP) is 5.03. The van der Waals surface area contributed by atoms with E-state index in [0.717, 1.165) is 30.0 Å². The molecule has 3 aromatic carbocycles. The second-order valence-corrected chi connectivity index (χ2v) is 10.1. The van der Waals surface area contributed by atoms with E-state index in [-0.39, 0.29) is 11.9 Å². The molecule has 0 radical (unpaired) electrons. The van der Waals surface area contributed by atoms with Crippen molar-refractivity contribution in [1.29, 1.82) is 0 Å². The fourth-order valence-corrected chi connectivity index (χ4v) is 4.80. The van der Waals surface area contributed by atoms with Gasteiger partial charge < -0.3 is 29.3 Å². The van der Waals surface area contributed by atoms with Crippen LogP contribution in [0.5, 0.6) is 17.2 Å². The molecule has 42 heavy (non-hydrogen) atoms. The standard InChI is InChI=1S/C33H40N4O5/c1-25-11-13-27(14-12-25)32(38)36(17-7-9-26-8-5-6-10-30(26)41-3)21-18-35-19-22-37(23-20-35)33(39)34-29-16-15-28(40-2)24-31(29)42-4/h5-16,24H,17-23H2,1-4H3,(H,34,39). The number of hydrogen-bond donors (Lipinski definition) is 1. The van der Waals surface area contributed by atoms with E-state index < -0.39 is 0 Å². The minimum Gasteiger partial charge on any atom is -0.497 e. The Labute approximate surface area is 248 Å². The SMILES string of the molecule is COc1ccc(NC(=O)N2CCN(CCN(CC=Cc3ccccc3OC)C(=O)c3ccc(C)cc3)CC2)c(OC)c1. The second kappa shape index (κ2) is 14.9. The molecule has 0 saturated carbocycles. The van der Waals surface area contributed by atoms with Crippen LogP contribution in [-0.2, 0) is 0 Å². The number of carbonyl (C=O) groups excluding carboxylic acids is 2. The monoisotopic (exact) mass is 572 g/mol. The summed E-state index contributed by atoms with van der Waals surface area (Å²) in [5, 5.41) is 2.95. The molecule has 0 bridgehead atoms. The van der Waals surface area contributed by atoms with Crippen molar-refractivity contribution in [3.05, 3.63) is 89.5 Å². The van der Waals surface area contributed by atoms with Crippen LogP contribution in [0.4, 0.5) is 10.5 Å². The molecule has 1 N–H and O–H groups in total. The largest absolute Gasteiger partial charge is 0.497 e. The molecule has 222 valence electrons. The number of hydrogen-bond acceptors (Lipinski definition) is 6. The highest BCUT2D eigenvalue weighted by Gasteiger charge is 2.23. The Bertz CT molecular complexity index is 1370. The lowest BCUT2D eigenvalue weighted by atomic mass is 10.1. The van der Waals surface area contributed by atoms with Gasteiger partial charge in [0.2, 0.25) is 0 Å². The summed E-state index contributed by atoms with van der Waals surface area (Å²) in [5.41, 5.74) is 3.34. The van der Waals surface area contributed by atoms with E-state index in [9.17, 15) is 9.59 Å². The molecule has 0 aliphatic carbocycles. The number of nitrogens with one attached hydrogen (secondary N) is 1. The lowest BCUT2D eigenvalue weighted by Crippen LogP contribution is -2.51. The highest BCUT2D eigenvalue weighted by Crippen LogP contribution is 2.29. The highest BCUT2D eigenvalue weighted by molar-refractivity contribution is 5.94. The maximum absolute atomic E-state index is 13.5. The molecule has 0 atom stereocenters. The molecular weight excluding hydrogens is 532 g/mol. The molecule has 1 aliphatic heterocycles. The number of benzene rings is 3. The second-order valence-electron chi connectivity index (χ2n) is 10.1. The molecule has 0 aromatic heterocycles. The summed E-state index contributed by atoms with van der Waals surface area (Å²) in [4.78, 5) is 32.4. The van der Waals surface area contributed by atoms with Crippen LogP contribution in [0.1, 0.15) is 21.5 Å². The number of para-hydroxylation sites is 1. The van der Waals surface area contributed by atoms with Crippen LogP contribution in [0.3, 0.4) is 0 Å². The van der Waals surface area contributed by atoms with Crippen LogP contribution in [0.15, 0.2) is 72.8 Å². The van der Waals surface area contributed by atoms with Gasteiger partial charge in [-0.2, -0.15) is 0 Å². The zero-order valence-corrected chi connectivity index (χ0v) is 24.8. The zero-order valence-electron chi connectivity index (χ0n) is 24.8. The summed E-state index contributed by atoms with van der Waals surface area (Å²) in [5.74, 6) is 1.98. The van der Waals surface area contributed by atoms with E-state index >= 15 is 0 Å². The van der Waals surface area contributed by atoms with Crippen molar-refractivity contribution in [2.75, 3.05) is 72.5 Å². The van der Waals surface area contributed by atoms with Crippen LogP contribution in [0, 0.1) is 6.92 Å². The molecule has 0 unspecified atom stereocenters. The summed E-state index contributed by atoms with van der Waals surface area (Å²) >= 11 is 0. The van der Waals surface area contributed by atoms with E-state index in [4.69, 9.17) is 14.2 Å². The average molecular weight is 573 g/mol. The predicted molar refractivity (Wildman–Crippen MR) is 166 cm³/mol. The number of amides is 3. The first kappa shape index (κ1) is 30.5. The van der Waals surface area contributed by atoms with Crippen molar-refractivity contribution >= 4 is 23.7 Å². The van der Waals surface area contributed by atoms with Crippen molar-refractivity contribution in [2.24, 2.45) is 0 Å². The Morgan fingerprint density at radius 2 is 1.60 bits per heavy atom. The summed E-state index contributed by atoms with van der Waals surface area (Å²) in [7, 11) is 4.80. The molecule has 3 aromatic rings. The van der Waals surface area contributed by atoms with Gasteiger partial charge in [0.1, 0.15) is 17.2 Å². The van der Waals surface area contributed by atoms with Gasteiger partial charge in [0.15, 0.2) is 0 Å². The van der Waals surface area contributed by atoms with Crippen molar-refractivity contribution < 1.29 is 23.8 Å². The zero-order chi connectivity index (χ0) is 29.9. The Balaban J connectivity index is 1.34. The molecule has 1 heterocycles. The van der Waals surface area contributed by atoms with Gasteiger partial charge in [-0.05, 0) is 37.3 Å². The fourth-order valence-electron chi connectivity index (χ4n) is 4.80. The fraction of sp³-hybridized carbons (Fsp3) is 0.333. The van der Waals surface area contributed by atoms with Gasteiger partial charge in [-0.3, -0.25) is 9.69 Å². The number of methoxy groups -OCH3 is 3. The van der Waals surface area contributed by atoms with E-state index in [2.05, 4.69) is 10.2 Å². The van der Waals surface area contributed by atoms with Crippen LogP contribution in [0.25, 0.3) is 6.08 Å². The highest BCUT2D eigenvalue weighted by atomic mass is 16.5. The molecule has 0 spiro atoms. The van der Waals surface area contributed by atoms with Gasteiger partial charge in [-0.25, -0.2) is 4.79 Å². The smallest absolute Gasteiger partial charge is 0.322 e. The third-order valence-electron chi connectivity index (χ3n) is 7.34. The minimum absolute atomic E-state index is 0.00821. The first-order valence-electron chi connectivity index (χ1n) is 14.1. The van der Waals surface area contributed by atoms with Gasteiger partial charge in [-0.1, -0.05) is 48.0 Å². The van der Waals surface area contributed by atoms with Gasteiger partial charge >= 0.3 is 6.03 Å². The molecule has 3 amide bonds. The number of rotatable bonds is 11. The molecule has 9 nitrogen and oxygen atoms in total. The number of piperazine rings is 1. The van der Waals surface area contributed by atoms with Crippen molar-refractivity contribution in [3.63, 3.8) is 0 Å². The summed E-state index contributed by atoms with van der Waals surface area (Å²) in [6, 6.07) is 20.6. The Morgan fingerprint density at radius 1 is 0.881 bits per heavy atom. The maximum atomic E-state index is 13.5. The van der Waals surface area contributed by atoms with E-state index in [1.54, 1.807) is 44.4 Å². The van der Waals surface area contributed by atoms with E-state index in [1.165, 1.54) is 0 Å². The van der Waals surface area contributed by atoms with Gasteiger partial charge in [0.25, 0.3) is 5.91 Å². The molecule has 1 fully saturated rings.